The minimum absolute atomic E-state index is 0.0579. The third kappa shape index (κ3) is 4.02. The molecule has 1 amide bonds. The molecule has 7 heteroatoms. The molecule has 0 bridgehead atoms. The van der Waals surface area contributed by atoms with Crippen LogP contribution >= 0.6 is 0 Å². The number of carboxylic acids is 1. The van der Waals surface area contributed by atoms with Gasteiger partial charge in [-0.05, 0) is 25.7 Å². The van der Waals surface area contributed by atoms with Crippen molar-refractivity contribution in [1.29, 1.82) is 0 Å². The molecule has 0 aliphatic carbocycles. The molecule has 1 atom stereocenters. The Labute approximate surface area is 120 Å². The lowest BCUT2D eigenvalue weighted by molar-refractivity contribution is -0.145. The molecule has 0 aromatic rings. The van der Waals surface area contributed by atoms with Gasteiger partial charge in [0.15, 0.2) is 0 Å². The predicted octanol–water partition coefficient (Wildman–Crippen LogP) is 0.237. The van der Waals surface area contributed by atoms with Crippen LogP contribution in [0.4, 0.5) is 0 Å². The van der Waals surface area contributed by atoms with Gasteiger partial charge in [0.2, 0.25) is 5.91 Å². The largest absolute Gasteiger partial charge is 0.481 e. The Morgan fingerprint density at radius 3 is 2.30 bits per heavy atom. The van der Waals surface area contributed by atoms with Gasteiger partial charge < -0.3 is 14.7 Å². The summed E-state index contributed by atoms with van der Waals surface area (Å²) in [5.41, 5.74) is 0. The van der Waals surface area contributed by atoms with Gasteiger partial charge in [-0.15, -0.1) is 0 Å². The third-order valence-corrected chi connectivity index (χ3v) is 5.75. The SMILES string of the molecule is O=C(O)C1CCN(C(=O)CS(=O)C2CCOCC2)CC1. The molecule has 2 heterocycles. The molecule has 0 aromatic heterocycles. The highest BCUT2D eigenvalue weighted by Crippen LogP contribution is 2.18. The Morgan fingerprint density at radius 1 is 1.15 bits per heavy atom. The molecule has 1 unspecified atom stereocenters. The average Bonchev–Trinajstić information content (AvgIpc) is 2.48. The number of amides is 1. The van der Waals surface area contributed by atoms with Crippen LogP contribution in [-0.2, 0) is 25.1 Å². The number of nitrogens with zero attached hydrogens (tertiary/aromatic N) is 1. The number of rotatable bonds is 4. The van der Waals surface area contributed by atoms with Crippen molar-refractivity contribution < 1.29 is 23.6 Å². The molecule has 0 spiro atoms. The number of likely N-dealkylation sites (tertiary alicyclic amines) is 1. The van der Waals surface area contributed by atoms with Crippen LogP contribution in [0.15, 0.2) is 0 Å². The molecular weight excluding hydrogens is 282 g/mol. The van der Waals surface area contributed by atoms with E-state index in [1.54, 1.807) is 4.90 Å². The van der Waals surface area contributed by atoms with Gasteiger partial charge in [0.1, 0.15) is 5.75 Å². The number of piperidine rings is 1. The van der Waals surface area contributed by atoms with Gasteiger partial charge in [-0.1, -0.05) is 0 Å². The Bertz CT molecular complexity index is 386. The topological polar surface area (TPSA) is 83.9 Å². The van der Waals surface area contributed by atoms with Crippen molar-refractivity contribution >= 4 is 22.7 Å². The maximum absolute atomic E-state index is 12.1. The maximum atomic E-state index is 12.1. The maximum Gasteiger partial charge on any atom is 0.306 e. The minimum atomic E-state index is -1.14. The van der Waals surface area contributed by atoms with E-state index in [2.05, 4.69) is 0 Å². The van der Waals surface area contributed by atoms with E-state index in [0.29, 0.717) is 39.1 Å². The molecule has 2 rings (SSSR count). The van der Waals surface area contributed by atoms with Crippen LogP contribution < -0.4 is 0 Å². The van der Waals surface area contributed by atoms with Gasteiger partial charge in [-0.25, -0.2) is 0 Å². The lowest BCUT2D eigenvalue weighted by Crippen LogP contribution is -2.43. The van der Waals surface area contributed by atoms with Crippen LogP contribution in [-0.4, -0.2) is 63.4 Å². The summed E-state index contributed by atoms with van der Waals surface area (Å²) in [6.45, 7) is 2.16. The van der Waals surface area contributed by atoms with E-state index in [1.165, 1.54) is 0 Å². The minimum Gasteiger partial charge on any atom is -0.481 e. The summed E-state index contributed by atoms with van der Waals surface area (Å²) in [6.07, 6.45) is 2.48. The van der Waals surface area contributed by atoms with Crippen LogP contribution in [0.2, 0.25) is 0 Å². The van der Waals surface area contributed by atoms with Gasteiger partial charge in [0.25, 0.3) is 0 Å². The summed E-state index contributed by atoms with van der Waals surface area (Å²) in [4.78, 5) is 24.6. The molecule has 0 radical (unpaired) electrons. The van der Waals surface area contributed by atoms with Crippen molar-refractivity contribution in [2.75, 3.05) is 32.1 Å². The number of carbonyl (C=O) groups is 2. The summed E-state index contributed by atoms with van der Waals surface area (Å²) >= 11 is 0. The highest BCUT2D eigenvalue weighted by atomic mass is 32.2. The van der Waals surface area contributed by atoms with Crippen molar-refractivity contribution in [3.8, 4) is 0 Å². The van der Waals surface area contributed by atoms with Crippen molar-refractivity contribution in [2.24, 2.45) is 5.92 Å². The molecule has 114 valence electrons. The fraction of sp³-hybridized carbons (Fsp3) is 0.846. The standard InChI is InChI=1S/C13H21NO5S/c15-12(9-20(18)11-3-7-19-8-4-11)14-5-1-10(2-6-14)13(16)17/h10-11H,1-9H2,(H,16,17). The second kappa shape index (κ2) is 7.17. The number of hydrogen-bond acceptors (Lipinski definition) is 4. The van der Waals surface area contributed by atoms with E-state index in [9.17, 15) is 13.8 Å². The Hall–Kier alpha value is -0.950. The number of aliphatic carboxylic acids is 1. The monoisotopic (exact) mass is 303 g/mol. The van der Waals surface area contributed by atoms with Crippen molar-refractivity contribution in [3.63, 3.8) is 0 Å². The highest BCUT2D eigenvalue weighted by molar-refractivity contribution is 7.86. The quantitative estimate of drug-likeness (QED) is 0.804. The second-order valence-electron chi connectivity index (χ2n) is 5.33. The average molecular weight is 303 g/mol. The fourth-order valence-corrected chi connectivity index (χ4v) is 4.03. The summed E-state index contributed by atoms with van der Waals surface area (Å²) < 4.78 is 17.4. The number of ether oxygens (including phenoxy) is 1. The van der Waals surface area contributed by atoms with Crippen LogP contribution in [0.25, 0.3) is 0 Å². The van der Waals surface area contributed by atoms with Gasteiger partial charge >= 0.3 is 5.97 Å². The molecule has 2 aliphatic rings. The molecule has 0 saturated carbocycles. The zero-order chi connectivity index (χ0) is 14.5. The zero-order valence-corrected chi connectivity index (χ0v) is 12.3. The fourth-order valence-electron chi connectivity index (χ4n) is 2.65. The number of carbonyl (C=O) groups excluding carboxylic acids is 1. The van der Waals surface area contributed by atoms with E-state index in [4.69, 9.17) is 9.84 Å². The summed E-state index contributed by atoms with van der Waals surface area (Å²) in [6, 6.07) is 0. The first-order valence-corrected chi connectivity index (χ1v) is 8.41. The molecular formula is C13H21NO5S. The Morgan fingerprint density at radius 2 is 1.75 bits per heavy atom. The molecule has 20 heavy (non-hydrogen) atoms. The lowest BCUT2D eigenvalue weighted by Gasteiger charge is -2.30. The molecule has 0 aromatic carbocycles. The highest BCUT2D eigenvalue weighted by Gasteiger charge is 2.29. The third-order valence-electron chi connectivity index (χ3n) is 4.00. The number of carboxylic acid groups (broad SMARTS) is 1. The lowest BCUT2D eigenvalue weighted by atomic mass is 9.97. The Balaban J connectivity index is 1.77. The predicted molar refractivity (Wildman–Crippen MR) is 73.8 cm³/mol. The zero-order valence-electron chi connectivity index (χ0n) is 11.5. The molecule has 6 nitrogen and oxygen atoms in total. The van der Waals surface area contributed by atoms with E-state index >= 15 is 0 Å². The summed E-state index contributed by atoms with van der Waals surface area (Å²) in [5.74, 6) is -1.19. The smallest absolute Gasteiger partial charge is 0.306 e. The Kier molecular flexibility index (Phi) is 5.54. The van der Waals surface area contributed by atoms with Crippen molar-refractivity contribution in [3.05, 3.63) is 0 Å². The van der Waals surface area contributed by atoms with Gasteiger partial charge in [-0.3, -0.25) is 13.8 Å². The van der Waals surface area contributed by atoms with E-state index in [0.717, 1.165) is 12.8 Å². The summed E-state index contributed by atoms with van der Waals surface area (Å²) in [5, 5.41) is 8.97. The van der Waals surface area contributed by atoms with E-state index in [1.807, 2.05) is 0 Å². The van der Waals surface area contributed by atoms with Crippen molar-refractivity contribution in [1.82, 2.24) is 4.90 Å². The van der Waals surface area contributed by atoms with Crippen LogP contribution in [0.1, 0.15) is 25.7 Å². The van der Waals surface area contributed by atoms with Crippen LogP contribution in [0, 0.1) is 5.92 Å². The van der Waals surface area contributed by atoms with Gasteiger partial charge in [0.05, 0.1) is 5.92 Å². The first-order valence-electron chi connectivity index (χ1n) is 7.03. The van der Waals surface area contributed by atoms with Gasteiger partial charge in [-0.2, -0.15) is 0 Å². The number of hydrogen-bond donors (Lipinski definition) is 1. The van der Waals surface area contributed by atoms with Crippen molar-refractivity contribution in [2.45, 2.75) is 30.9 Å². The molecule has 2 saturated heterocycles. The van der Waals surface area contributed by atoms with E-state index < -0.39 is 16.8 Å². The van der Waals surface area contributed by atoms with Gasteiger partial charge in [0, 0.05) is 42.4 Å². The normalized spacial score (nSPS) is 23.5. The first kappa shape index (κ1) is 15.4. The molecule has 2 aliphatic heterocycles. The second-order valence-corrected chi connectivity index (χ2v) is 7.05. The van der Waals surface area contributed by atoms with E-state index in [-0.39, 0.29) is 22.8 Å². The van der Waals surface area contributed by atoms with Crippen LogP contribution in [0.3, 0.4) is 0 Å². The first-order chi connectivity index (χ1) is 9.58. The molecule has 1 N–H and O–H groups in total. The molecule has 2 fully saturated rings. The summed E-state index contributed by atoms with van der Waals surface area (Å²) in [7, 11) is -1.14. The van der Waals surface area contributed by atoms with Crippen LogP contribution in [0.5, 0.6) is 0 Å².